The van der Waals surface area contributed by atoms with Gasteiger partial charge in [-0.05, 0) is 58.4 Å². The first-order chi connectivity index (χ1) is 7.45. The van der Waals surface area contributed by atoms with Crippen LogP contribution in [0.4, 0.5) is 0 Å². The number of thioether (sulfide) groups is 1. The summed E-state index contributed by atoms with van der Waals surface area (Å²) in [6.45, 7) is 10.7. The zero-order valence-electron chi connectivity index (χ0n) is 11.2. The number of piperidine rings is 1. The van der Waals surface area contributed by atoms with E-state index in [0.717, 1.165) is 25.9 Å². The highest BCUT2D eigenvalue weighted by atomic mass is 32.2. The van der Waals surface area contributed by atoms with Crippen molar-refractivity contribution in [1.29, 1.82) is 0 Å². The Hall–Kier alpha value is 0.270. The molecule has 16 heavy (non-hydrogen) atoms. The highest BCUT2D eigenvalue weighted by molar-refractivity contribution is 7.99. The third-order valence-electron chi connectivity index (χ3n) is 3.72. The molecule has 96 valence electrons. The fourth-order valence-electron chi connectivity index (χ4n) is 2.44. The third-order valence-corrected chi connectivity index (χ3v) is 4.84. The molecule has 0 aromatic rings. The van der Waals surface area contributed by atoms with Crippen LogP contribution in [-0.2, 0) is 0 Å². The van der Waals surface area contributed by atoms with E-state index in [4.69, 9.17) is 0 Å². The fraction of sp³-hybridized carbons (Fsp3) is 1.00. The van der Waals surface area contributed by atoms with E-state index < -0.39 is 5.60 Å². The second-order valence-corrected chi connectivity index (χ2v) is 6.79. The molecule has 0 aromatic heterocycles. The Kier molecular flexibility index (Phi) is 5.62. The summed E-state index contributed by atoms with van der Waals surface area (Å²) in [5.74, 6) is 2.93. The molecule has 0 radical (unpaired) electrons. The summed E-state index contributed by atoms with van der Waals surface area (Å²) in [7, 11) is 0. The first-order valence-electron chi connectivity index (χ1n) is 6.49. The van der Waals surface area contributed by atoms with Crippen molar-refractivity contribution in [2.24, 2.45) is 5.92 Å². The molecule has 2 nitrogen and oxygen atoms in total. The lowest BCUT2D eigenvalue weighted by atomic mass is 9.83. The van der Waals surface area contributed by atoms with Crippen molar-refractivity contribution < 1.29 is 5.11 Å². The Balaban J connectivity index is 2.31. The summed E-state index contributed by atoms with van der Waals surface area (Å²) >= 11 is 2.03. The van der Waals surface area contributed by atoms with Crippen molar-refractivity contribution in [2.45, 2.75) is 52.2 Å². The van der Waals surface area contributed by atoms with Crippen LogP contribution in [0.5, 0.6) is 0 Å². The van der Waals surface area contributed by atoms with Gasteiger partial charge < -0.3 is 5.11 Å². The number of hydrogen-bond acceptors (Lipinski definition) is 3. The van der Waals surface area contributed by atoms with Crippen molar-refractivity contribution in [3.05, 3.63) is 0 Å². The van der Waals surface area contributed by atoms with Gasteiger partial charge in [-0.3, -0.25) is 4.90 Å². The number of rotatable bonds is 5. The van der Waals surface area contributed by atoms with E-state index >= 15 is 0 Å². The molecule has 1 fully saturated rings. The third kappa shape index (κ3) is 4.27. The summed E-state index contributed by atoms with van der Waals surface area (Å²) in [4.78, 5) is 2.57. The molecule has 1 saturated heterocycles. The van der Waals surface area contributed by atoms with E-state index in [2.05, 4.69) is 18.7 Å². The zero-order valence-corrected chi connectivity index (χ0v) is 12.0. The second kappa shape index (κ2) is 6.27. The molecular formula is C13H27NOS. The van der Waals surface area contributed by atoms with E-state index in [-0.39, 0.29) is 0 Å². The quantitative estimate of drug-likeness (QED) is 0.805. The molecule has 0 bridgehead atoms. The van der Waals surface area contributed by atoms with Gasteiger partial charge in [-0.1, -0.05) is 6.92 Å². The molecule has 0 aromatic carbocycles. The van der Waals surface area contributed by atoms with Gasteiger partial charge in [-0.15, -0.1) is 0 Å². The molecule has 1 aliphatic rings. The summed E-state index contributed by atoms with van der Waals surface area (Å²) in [6.07, 6.45) is 2.29. The molecular weight excluding hydrogens is 218 g/mol. The van der Waals surface area contributed by atoms with Crippen molar-refractivity contribution in [3.8, 4) is 0 Å². The molecule has 0 aliphatic carbocycles. The van der Waals surface area contributed by atoms with Crippen LogP contribution < -0.4 is 0 Å². The molecule has 3 heteroatoms. The Labute approximate surface area is 105 Å². The number of likely N-dealkylation sites (tertiary alicyclic amines) is 1. The van der Waals surface area contributed by atoms with Gasteiger partial charge in [0.15, 0.2) is 0 Å². The van der Waals surface area contributed by atoms with Crippen LogP contribution in [-0.4, -0.2) is 46.2 Å². The lowest BCUT2D eigenvalue weighted by molar-refractivity contribution is -0.0164. The monoisotopic (exact) mass is 245 g/mol. The van der Waals surface area contributed by atoms with E-state index in [1.54, 1.807) is 0 Å². The molecule has 0 saturated carbocycles. The van der Waals surface area contributed by atoms with Gasteiger partial charge in [0, 0.05) is 11.8 Å². The fourth-order valence-corrected chi connectivity index (χ4v) is 3.23. The van der Waals surface area contributed by atoms with Crippen molar-refractivity contribution in [1.82, 2.24) is 4.90 Å². The van der Waals surface area contributed by atoms with Gasteiger partial charge in [-0.2, -0.15) is 11.8 Å². The van der Waals surface area contributed by atoms with Gasteiger partial charge in [0.25, 0.3) is 0 Å². The summed E-state index contributed by atoms with van der Waals surface area (Å²) < 4.78 is 0. The molecule has 0 unspecified atom stereocenters. The maximum absolute atomic E-state index is 9.99. The van der Waals surface area contributed by atoms with Crippen LogP contribution in [0.15, 0.2) is 0 Å². The highest BCUT2D eigenvalue weighted by Gasteiger charge is 2.31. The van der Waals surface area contributed by atoms with Gasteiger partial charge in [0.1, 0.15) is 0 Å². The molecule has 1 N–H and O–H groups in total. The predicted octanol–water partition coefficient (Wildman–Crippen LogP) is 2.61. The Bertz CT molecular complexity index is 195. The van der Waals surface area contributed by atoms with E-state index in [1.165, 1.54) is 11.5 Å². The topological polar surface area (TPSA) is 23.5 Å². The van der Waals surface area contributed by atoms with Crippen molar-refractivity contribution >= 4 is 11.8 Å². The Morgan fingerprint density at radius 2 is 1.94 bits per heavy atom. The molecule has 1 atom stereocenters. The highest BCUT2D eigenvalue weighted by Crippen LogP contribution is 2.28. The smallest absolute Gasteiger partial charge is 0.0620 e. The normalized spacial score (nSPS) is 22.3. The van der Waals surface area contributed by atoms with Gasteiger partial charge in [0.2, 0.25) is 0 Å². The maximum atomic E-state index is 9.99. The predicted molar refractivity (Wildman–Crippen MR) is 73.1 cm³/mol. The Morgan fingerprint density at radius 1 is 1.38 bits per heavy atom. The summed E-state index contributed by atoms with van der Waals surface area (Å²) in [6, 6.07) is 0.688. The molecule has 0 amide bonds. The number of nitrogens with zero attached hydrogens (tertiary/aromatic N) is 1. The average Bonchev–Trinajstić information content (AvgIpc) is 2.25. The Morgan fingerprint density at radius 3 is 2.38 bits per heavy atom. The molecule has 1 rings (SSSR count). The standard InChI is InChI=1S/C13H27NOS/c1-5-16-10-11(2)14-8-6-12(7-9-14)13(3,4)15/h11-12,15H,5-10H2,1-4H3/t11-/m1/s1. The van der Waals surface area contributed by atoms with Crippen LogP contribution in [0.1, 0.15) is 40.5 Å². The van der Waals surface area contributed by atoms with Gasteiger partial charge in [0.05, 0.1) is 5.60 Å². The summed E-state index contributed by atoms with van der Waals surface area (Å²) in [5, 5.41) is 9.99. The minimum atomic E-state index is -0.493. The van der Waals surface area contributed by atoms with Gasteiger partial charge in [-0.25, -0.2) is 0 Å². The SMILES string of the molecule is CCSC[C@@H](C)N1CCC(C(C)(C)O)CC1. The van der Waals surface area contributed by atoms with Crippen molar-refractivity contribution in [3.63, 3.8) is 0 Å². The zero-order chi connectivity index (χ0) is 12.2. The number of aliphatic hydroxyl groups is 1. The molecule has 0 spiro atoms. The first kappa shape index (κ1) is 14.3. The number of hydrogen-bond donors (Lipinski definition) is 1. The summed E-state index contributed by atoms with van der Waals surface area (Å²) in [5.41, 5.74) is -0.493. The largest absolute Gasteiger partial charge is 0.390 e. The van der Waals surface area contributed by atoms with Crippen LogP contribution in [0.2, 0.25) is 0 Å². The van der Waals surface area contributed by atoms with E-state index in [0.29, 0.717) is 12.0 Å². The van der Waals surface area contributed by atoms with Crippen LogP contribution in [0.25, 0.3) is 0 Å². The minimum Gasteiger partial charge on any atom is -0.390 e. The van der Waals surface area contributed by atoms with Crippen LogP contribution >= 0.6 is 11.8 Å². The van der Waals surface area contributed by atoms with Crippen LogP contribution in [0, 0.1) is 5.92 Å². The van der Waals surface area contributed by atoms with E-state index in [9.17, 15) is 5.11 Å². The maximum Gasteiger partial charge on any atom is 0.0620 e. The lowest BCUT2D eigenvalue weighted by Crippen LogP contribution is -2.45. The minimum absolute atomic E-state index is 0.481. The first-order valence-corrected chi connectivity index (χ1v) is 7.64. The lowest BCUT2D eigenvalue weighted by Gasteiger charge is -2.40. The second-order valence-electron chi connectivity index (χ2n) is 5.47. The van der Waals surface area contributed by atoms with Crippen LogP contribution in [0.3, 0.4) is 0 Å². The average molecular weight is 245 g/mol. The van der Waals surface area contributed by atoms with Crippen molar-refractivity contribution in [2.75, 3.05) is 24.6 Å². The molecule has 1 aliphatic heterocycles. The van der Waals surface area contributed by atoms with Gasteiger partial charge >= 0.3 is 0 Å². The molecule has 1 heterocycles. The van der Waals surface area contributed by atoms with E-state index in [1.807, 2.05) is 25.6 Å².